The number of aliphatic hydroxyl groups is 1. The van der Waals surface area contributed by atoms with Crippen LogP contribution >= 0.6 is 11.8 Å². The van der Waals surface area contributed by atoms with Gasteiger partial charge in [0, 0.05) is 29.0 Å². The molecule has 0 aliphatic rings. The SMILES string of the molecule is CCNC(CC)c1ccc(SC(C)CCO)cn1. The zero-order valence-corrected chi connectivity index (χ0v) is 12.3. The Kier molecular flexibility index (Phi) is 7.32. The molecule has 1 heterocycles. The quantitative estimate of drug-likeness (QED) is 0.711. The Morgan fingerprint density at radius 2 is 2.17 bits per heavy atom. The molecule has 1 rings (SSSR count). The molecular formula is C14H24N2OS. The van der Waals surface area contributed by atoms with Crippen LogP contribution in [0.4, 0.5) is 0 Å². The van der Waals surface area contributed by atoms with Crippen LogP contribution in [0.2, 0.25) is 0 Å². The first-order valence-corrected chi connectivity index (χ1v) is 7.56. The molecule has 0 saturated carbocycles. The lowest BCUT2D eigenvalue weighted by molar-refractivity contribution is 0.289. The van der Waals surface area contributed by atoms with E-state index in [-0.39, 0.29) is 6.61 Å². The lowest BCUT2D eigenvalue weighted by Gasteiger charge is -2.16. The van der Waals surface area contributed by atoms with E-state index in [0.29, 0.717) is 11.3 Å². The van der Waals surface area contributed by atoms with Crippen molar-refractivity contribution in [3.63, 3.8) is 0 Å². The van der Waals surface area contributed by atoms with Gasteiger partial charge in [0.25, 0.3) is 0 Å². The first-order valence-electron chi connectivity index (χ1n) is 6.68. The van der Waals surface area contributed by atoms with Gasteiger partial charge in [-0.2, -0.15) is 0 Å². The number of aliphatic hydroxyl groups excluding tert-OH is 1. The third-order valence-corrected chi connectivity index (χ3v) is 4.00. The number of thioether (sulfide) groups is 1. The Morgan fingerprint density at radius 1 is 1.39 bits per heavy atom. The monoisotopic (exact) mass is 268 g/mol. The first-order chi connectivity index (χ1) is 8.71. The summed E-state index contributed by atoms with van der Waals surface area (Å²) >= 11 is 1.77. The van der Waals surface area contributed by atoms with E-state index in [1.807, 2.05) is 6.20 Å². The van der Waals surface area contributed by atoms with E-state index in [2.05, 4.69) is 43.2 Å². The fourth-order valence-corrected chi connectivity index (χ4v) is 2.79. The van der Waals surface area contributed by atoms with Crippen LogP contribution in [0, 0.1) is 0 Å². The van der Waals surface area contributed by atoms with Crippen molar-refractivity contribution >= 4 is 11.8 Å². The van der Waals surface area contributed by atoms with Crippen molar-refractivity contribution in [2.24, 2.45) is 0 Å². The Bertz CT molecular complexity index is 329. The molecule has 0 aliphatic heterocycles. The molecule has 0 aliphatic carbocycles. The lowest BCUT2D eigenvalue weighted by atomic mass is 10.1. The standard InChI is InChI=1S/C14H24N2OS/c1-4-13(15-5-2)14-7-6-12(10-16-14)18-11(3)8-9-17/h6-7,10-11,13,15,17H,4-5,8-9H2,1-3H3. The average Bonchev–Trinajstić information content (AvgIpc) is 2.37. The molecule has 1 aromatic rings. The molecule has 2 atom stereocenters. The van der Waals surface area contributed by atoms with Crippen LogP contribution in [0.1, 0.15) is 45.3 Å². The molecule has 2 unspecified atom stereocenters. The van der Waals surface area contributed by atoms with Gasteiger partial charge in [-0.3, -0.25) is 4.98 Å². The van der Waals surface area contributed by atoms with E-state index in [4.69, 9.17) is 5.11 Å². The molecule has 0 fully saturated rings. The van der Waals surface area contributed by atoms with Crippen molar-refractivity contribution in [2.45, 2.75) is 49.8 Å². The Morgan fingerprint density at radius 3 is 2.67 bits per heavy atom. The molecule has 3 nitrogen and oxygen atoms in total. The molecule has 0 spiro atoms. The predicted molar refractivity (Wildman–Crippen MR) is 78.0 cm³/mol. The second kappa shape index (κ2) is 8.51. The maximum Gasteiger partial charge on any atom is 0.0573 e. The van der Waals surface area contributed by atoms with Crippen LogP contribution in [-0.4, -0.2) is 28.5 Å². The minimum atomic E-state index is 0.248. The van der Waals surface area contributed by atoms with Crippen molar-refractivity contribution in [2.75, 3.05) is 13.2 Å². The van der Waals surface area contributed by atoms with Crippen molar-refractivity contribution in [3.05, 3.63) is 24.0 Å². The highest BCUT2D eigenvalue weighted by molar-refractivity contribution is 7.99. The van der Waals surface area contributed by atoms with E-state index in [1.165, 1.54) is 4.90 Å². The maximum atomic E-state index is 8.89. The second-order valence-electron chi connectivity index (χ2n) is 4.38. The van der Waals surface area contributed by atoms with Gasteiger partial charge in [0.1, 0.15) is 0 Å². The first kappa shape index (κ1) is 15.5. The van der Waals surface area contributed by atoms with Crippen molar-refractivity contribution in [1.29, 1.82) is 0 Å². The fourth-order valence-electron chi connectivity index (χ4n) is 1.85. The molecule has 4 heteroatoms. The molecular weight excluding hydrogens is 244 g/mol. The van der Waals surface area contributed by atoms with Crippen LogP contribution in [0.5, 0.6) is 0 Å². The Balaban J connectivity index is 2.61. The number of nitrogens with zero attached hydrogens (tertiary/aromatic N) is 1. The molecule has 0 saturated heterocycles. The summed E-state index contributed by atoms with van der Waals surface area (Å²) < 4.78 is 0. The highest BCUT2D eigenvalue weighted by atomic mass is 32.2. The van der Waals surface area contributed by atoms with Crippen LogP contribution < -0.4 is 5.32 Å². The van der Waals surface area contributed by atoms with E-state index < -0.39 is 0 Å². The zero-order valence-electron chi connectivity index (χ0n) is 11.5. The van der Waals surface area contributed by atoms with Crippen LogP contribution in [-0.2, 0) is 0 Å². The molecule has 2 N–H and O–H groups in total. The zero-order chi connectivity index (χ0) is 13.4. The normalized spacial score (nSPS) is 14.4. The summed E-state index contributed by atoms with van der Waals surface area (Å²) in [4.78, 5) is 5.71. The van der Waals surface area contributed by atoms with Gasteiger partial charge in [0.15, 0.2) is 0 Å². The van der Waals surface area contributed by atoms with Gasteiger partial charge in [-0.1, -0.05) is 20.8 Å². The number of hydrogen-bond donors (Lipinski definition) is 2. The van der Waals surface area contributed by atoms with Crippen LogP contribution in [0.25, 0.3) is 0 Å². The largest absolute Gasteiger partial charge is 0.396 e. The molecule has 18 heavy (non-hydrogen) atoms. The summed E-state index contributed by atoms with van der Waals surface area (Å²) in [5, 5.41) is 12.7. The summed E-state index contributed by atoms with van der Waals surface area (Å²) in [6.45, 7) is 7.62. The highest BCUT2D eigenvalue weighted by Crippen LogP contribution is 2.25. The van der Waals surface area contributed by atoms with Gasteiger partial charge in [0.05, 0.1) is 5.69 Å². The predicted octanol–water partition coefficient (Wildman–Crippen LogP) is 3.01. The highest BCUT2D eigenvalue weighted by Gasteiger charge is 2.10. The number of rotatable bonds is 8. The number of nitrogens with one attached hydrogen (secondary N) is 1. The minimum Gasteiger partial charge on any atom is -0.396 e. The van der Waals surface area contributed by atoms with Crippen molar-refractivity contribution in [3.8, 4) is 0 Å². The van der Waals surface area contributed by atoms with Gasteiger partial charge in [-0.15, -0.1) is 11.8 Å². The van der Waals surface area contributed by atoms with Crippen molar-refractivity contribution in [1.82, 2.24) is 10.3 Å². The smallest absolute Gasteiger partial charge is 0.0573 e. The lowest BCUT2D eigenvalue weighted by Crippen LogP contribution is -2.20. The van der Waals surface area contributed by atoms with Gasteiger partial charge in [-0.05, 0) is 31.5 Å². The van der Waals surface area contributed by atoms with Crippen molar-refractivity contribution < 1.29 is 5.11 Å². The summed E-state index contributed by atoms with van der Waals surface area (Å²) in [5.41, 5.74) is 1.11. The fraction of sp³-hybridized carbons (Fsp3) is 0.643. The summed E-state index contributed by atoms with van der Waals surface area (Å²) in [7, 11) is 0. The number of pyridine rings is 1. The molecule has 0 radical (unpaired) electrons. The molecule has 1 aromatic heterocycles. The Labute approximate surface area is 114 Å². The molecule has 0 aromatic carbocycles. The molecule has 0 bridgehead atoms. The third-order valence-electron chi connectivity index (χ3n) is 2.85. The average molecular weight is 268 g/mol. The minimum absolute atomic E-state index is 0.248. The molecule has 0 amide bonds. The summed E-state index contributed by atoms with van der Waals surface area (Å²) in [6.07, 6.45) is 3.81. The molecule has 102 valence electrons. The Hall–Kier alpha value is -0.580. The summed E-state index contributed by atoms with van der Waals surface area (Å²) in [6, 6.07) is 4.58. The van der Waals surface area contributed by atoms with Gasteiger partial charge in [-0.25, -0.2) is 0 Å². The van der Waals surface area contributed by atoms with E-state index in [9.17, 15) is 0 Å². The topological polar surface area (TPSA) is 45.1 Å². The number of aromatic nitrogens is 1. The third kappa shape index (κ3) is 4.96. The van der Waals surface area contributed by atoms with E-state index in [0.717, 1.165) is 25.1 Å². The van der Waals surface area contributed by atoms with Gasteiger partial charge in [0.2, 0.25) is 0 Å². The van der Waals surface area contributed by atoms with E-state index in [1.54, 1.807) is 11.8 Å². The summed E-state index contributed by atoms with van der Waals surface area (Å²) in [5.74, 6) is 0. The second-order valence-corrected chi connectivity index (χ2v) is 5.89. The van der Waals surface area contributed by atoms with Gasteiger partial charge >= 0.3 is 0 Å². The van der Waals surface area contributed by atoms with E-state index >= 15 is 0 Å². The van der Waals surface area contributed by atoms with Crippen LogP contribution in [0.3, 0.4) is 0 Å². The van der Waals surface area contributed by atoms with Crippen LogP contribution in [0.15, 0.2) is 23.2 Å². The van der Waals surface area contributed by atoms with Gasteiger partial charge < -0.3 is 10.4 Å². The number of hydrogen-bond acceptors (Lipinski definition) is 4. The maximum absolute atomic E-state index is 8.89.